The molecule has 2 bridgehead atoms. The lowest BCUT2D eigenvalue weighted by atomic mass is 9.65. The summed E-state index contributed by atoms with van der Waals surface area (Å²) in [5.41, 5.74) is -3.36. The number of rotatable bonds is 1. The highest BCUT2D eigenvalue weighted by Crippen LogP contribution is 2.64. The number of carbonyl (C=O) groups is 1. The molecular formula is C20H19F3N2O4. The molecule has 6 atom stereocenters. The first-order valence-electron chi connectivity index (χ1n) is 9.57. The zero-order valence-corrected chi connectivity index (χ0v) is 15.6. The molecular weight excluding hydrogens is 389 g/mol. The number of benzene rings is 1. The van der Waals surface area contributed by atoms with Crippen LogP contribution in [-0.4, -0.2) is 41.2 Å². The smallest absolute Gasteiger partial charge is 0.390 e. The van der Waals surface area contributed by atoms with Crippen molar-refractivity contribution in [3.8, 4) is 6.07 Å². The predicted octanol–water partition coefficient (Wildman–Crippen LogP) is 2.58. The maximum atomic E-state index is 13.5. The van der Waals surface area contributed by atoms with E-state index in [2.05, 4.69) is 0 Å². The van der Waals surface area contributed by atoms with Crippen LogP contribution in [0.2, 0.25) is 0 Å². The van der Waals surface area contributed by atoms with Crippen molar-refractivity contribution < 1.29 is 32.5 Å². The van der Waals surface area contributed by atoms with Crippen molar-refractivity contribution in [3.63, 3.8) is 0 Å². The van der Waals surface area contributed by atoms with E-state index in [4.69, 9.17) is 14.7 Å². The van der Waals surface area contributed by atoms with Gasteiger partial charge in [0.25, 0.3) is 0 Å². The zero-order valence-electron chi connectivity index (χ0n) is 15.6. The van der Waals surface area contributed by atoms with E-state index in [0.717, 1.165) is 12.1 Å². The van der Waals surface area contributed by atoms with Gasteiger partial charge in [-0.1, -0.05) is 0 Å². The van der Waals surface area contributed by atoms with Gasteiger partial charge in [-0.2, -0.15) is 18.4 Å². The second kappa shape index (κ2) is 5.72. The first kappa shape index (κ1) is 18.9. The summed E-state index contributed by atoms with van der Waals surface area (Å²) in [7, 11) is 0. The molecule has 4 fully saturated rings. The van der Waals surface area contributed by atoms with Crippen LogP contribution >= 0.6 is 0 Å². The number of amides is 1. The van der Waals surface area contributed by atoms with Crippen molar-refractivity contribution in [2.75, 3.05) is 11.5 Å². The Morgan fingerprint density at radius 1 is 1.38 bits per heavy atom. The predicted molar refractivity (Wildman–Crippen MR) is 92.4 cm³/mol. The molecule has 2 unspecified atom stereocenters. The Labute approximate surface area is 164 Å². The summed E-state index contributed by atoms with van der Waals surface area (Å²) >= 11 is 0. The number of carbonyl (C=O) groups excluding carboxylic acids is 1. The Balaban J connectivity index is 1.64. The largest absolute Gasteiger partial charge is 0.417 e. The van der Waals surface area contributed by atoms with E-state index >= 15 is 0 Å². The van der Waals surface area contributed by atoms with Crippen LogP contribution in [0.5, 0.6) is 0 Å². The average molecular weight is 408 g/mol. The second-order valence-electron chi connectivity index (χ2n) is 8.49. The number of aliphatic hydroxyl groups is 1. The average Bonchev–Trinajstić information content (AvgIpc) is 3.14. The lowest BCUT2D eigenvalue weighted by molar-refractivity contribution is -0.138. The molecule has 0 aliphatic carbocycles. The summed E-state index contributed by atoms with van der Waals surface area (Å²) < 4.78 is 52.6. The molecule has 5 rings (SSSR count). The van der Waals surface area contributed by atoms with Gasteiger partial charge in [-0.15, -0.1) is 0 Å². The number of ether oxygens (including phenoxy) is 2. The summed E-state index contributed by atoms with van der Waals surface area (Å²) in [5, 5.41) is 19.6. The molecule has 1 spiro atoms. The summed E-state index contributed by atoms with van der Waals surface area (Å²) in [4.78, 5) is 14.7. The van der Waals surface area contributed by atoms with Crippen molar-refractivity contribution in [3.05, 3.63) is 29.3 Å². The molecule has 4 saturated heterocycles. The van der Waals surface area contributed by atoms with E-state index in [9.17, 15) is 23.1 Å². The van der Waals surface area contributed by atoms with Crippen LogP contribution in [0.1, 0.15) is 37.3 Å². The van der Waals surface area contributed by atoms with Gasteiger partial charge in [0.15, 0.2) is 0 Å². The van der Waals surface area contributed by atoms with Crippen LogP contribution in [-0.2, 0) is 20.4 Å². The molecule has 6 nitrogen and oxygen atoms in total. The van der Waals surface area contributed by atoms with Crippen molar-refractivity contribution >= 4 is 11.6 Å². The third-order valence-corrected chi connectivity index (χ3v) is 7.01. The Hall–Kier alpha value is -2.15. The number of halogens is 3. The SMILES string of the molecule is C[C@]12OC3(CCCO[C@H]4C3[C@@H]1C(=O)N4c1ccc(C#N)c(C(F)(F)F)c1)C[C@H]2O. The fourth-order valence-electron chi connectivity index (χ4n) is 5.83. The van der Waals surface area contributed by atoms with Gasteiger partial charge >= 0.3 is 6.18 Å². The molecule has 4 aliphatic heterocycles. The van der Waals surface area contributed by atoms with Gasteiger partial charge in [0, 0.05) is 24.6 Å². The first-order valence-corrected chi connectivity index (χ1v) is 9.57. The second-order valence-corrected chi connectivity index (χ2v) is 8.49. The minimum atomic E-state index is -4.73. The van der Waals surface area contributed by atoms with Crippen molar-refractivity contribution in [1.29, 1.82) is 5.26 Å². The normalized spacial score (nSPS) is 40.7. The molecule has 4 heterocycles. The van der Waals surface area contributed by atoms with Gasteiger partial charge in [0.2, 0.25) is 5.91 Å². The van der Waals surface area contributed by atoms with Crippen LogP contribution in [0, 0.1) is 23.2 Å². The molecule has 29 heavy (non-hydrogen) atoms. The van der Waals surface area contributed by atoms with Crippen molar-refractivity contribution in [1.82, 2.24) is 0 Å². The number of anilines is 1. The van der Waals surface area contributed by atoms with Crippen molar-refractivity contribution in [2.45, 2.75) is 55.9 Å². The topological polar surface area (TPSA) is 82.8 Å². The van der Waals surface area contributed by atoms with Gasteiger partial charge < -0.3 is 14.6 Å². The van der Waals surface area contributed by atoms with E-state index in [1.54, 1.807) is 13.0 Å². The maximum absolute atomic E-state index is 13.5. The van der Waals surface area contributed by atoms with Gasteiger partial charge in [-0.25, -0.2) is 0 Å². The van der Waals surface area contributed by atoms with E-state index in [1.807, 2.05) is 0 Å². The number of hydrogen-bond acceptors (Lipinski definition) is 5. The van der Waals surface area contributed by atoms with Crippen LogP contribution in [0.25, 0.3) is 0 Å². The molecule has 1 aromatic carbocycles. The van der Waals surface area contributed by atoms with Crippen molar-refractivity contribution in [2.24, 2.45) is 11.8 Å². The highest BCUT2D eigenvalue weighted by molar-refractivity contribution is 6.00. The molecule has 0 saturated carbocycles. The lowest BCUT2D eigenvalue weighted by Gasteiger charge is -2.35. The fraction of sp³-hybridized carbons (Fsp3) is 0.600. The van der Waals surface area contributed by atoms with E-state index in [1.165, 1.54) is 11.0 Å². The summed E-state index contributed by atoms with van der Waals surface area (Å²) in [5.74, 6) is -1.47. The van der Waals surface area contributed by atoms with Gasteiger partial charge in [0.05, 0.1) is 34.8 Å². The van der Waals surface area contributed by atoms with E-state index in [-0.39, 0.29) is 11.6 Å². The third-order valence-electron chi connectivity index (χ3n) is 7.01. The molecule has 1 aromatic rings. The third kappa shape index (κ3) is 2.31. The number of fused-ring (bicyclic) bond motifs is 2. The number of alkyl halides is 3. The first-order chi connectivity index (χ1) is 13.6. The summed E-state index contributed by atoms with van der Waals surface area (Å²) in [6.45, 7) is 2.04. The fourth-order valence-corrected chi connectivity index (χ4v) is 5.83. The molecule has 0 aromatic heterocycles. The lowest BCUT2D eigenvalue weighted by Crippen LogP contribution is -2.49. The number of hydrogen-bond donors (Lipinski definition) is 1. The van der Waals surface area contributed by atoms with Gasteiger partial charge in [0.1, 0.15) is 11.8 Å². The minimum absolute atomic E-state index is 0.0373. The zero-order chi connectivity index (χ0) is 20.8. The molecule has 1 N–H and O–H groups in total. The molecule has 9 heteroatoms. The van der Waals surface area contributed by atoms with Crippen LogP contribution in [0.4, 0.5) is 18.9 Å². The van der Waals surface area contributed by atoms with Crippen LogP contribution < -0.4 is 4.90 Å². The Morgan fingerprint density at radius 2 is 2.14 bits per heavy atom. The van der Waals surface area contributed by atoms with Gasteiger partial charge in [-0.05, 0) is 38.0 Å². The molecule has 154 valence electrons. The van der Waals surface area contributed by atoms with Crippen LogP contribution in [0.15, 0.2) is 18.2 Å². The highest BCUT2D eigenvalue weighted by Gasteiger charge is 2.77. The standard InChI is InChI=1S/C20H19F3N2O4/c1-18-13(26)8-19(29-18)5-2-6-28-17-15(19)14(18)16(27)25(17)11-4-3-10(9-24)12(7-11)20(21,22)23/h3-4,7,13-15,17,26H,2,5-6,8H2,1H3/t13-,14-,15?,17+,18-,19?/m1/s1. The summed E-state index contributed by atoms with van der Waals surface area (Å²) in [6, 6.07) is 4.80. The monoisotopic (exact) mass is 408 g/mol. The number of nitrogens with zero attached hydrogens (tertiary/aromatic N) is 2. The Morgan fingerprint density at radius 3 is 2.83 bits per heavy atom. The minimum Gasteiger partial charge on any atom is -0.390 e. The van der Waals surface area contributed by atoms with Crippen LogP contribution in [0.3, 0.4) is 0 Å². The Kier molecular flexibility index (Phi) is 3.72. The number of nitriles is 1. The molecule has 1 amide bonds. The molecule has 4 aliphatic rings. The molecule has 0 radical (unpaired) electrons. The summed E-state index contributed by atoms with van der Waals surface area (Å²) in [6.07, 6.45) is -4.63. The quantitative estimate of drug-likeness (QED) is 0.773. The van der Waals surface area contributed by atoms with Gasteiger partial charge in [-0.3, -0.25) is 9.69 Å². The Bertz CT molecular complexity index is 945. The van der Waals surface area contributed by atoms with E-state index < -0.39 is 52.7 Å². The highest BCUT2D eigenvalue weighted by atomic mass is 19.4. The number of aliphatic hydroxyl groups excluding tert-OH is 1. The van der Waals surface area contributed by atoms with E-state index in [0.29, 0.717) is 25.9 Å². The maximum Gasteiger partial charge on any atom is 0.417 e.